The summed E-state index contributed by atoms with van der Waals surface area (Å²) in [6, 6.07) is 9.87. The number of benzene rings is 1. The van der Waals surface area contributed by atoms with Gasteiger partial charge in [-0.3, -0.25) is 4.79 Å². The van der Waals surface area contributed by atoms with Crippen LogP contribution in [0.15, 0.2) is 30.3 Å². The zero-order chi connectivity index (χ0) is 15.4. The average molecular weight is 316 g/mol. The predicted octanol–water partition coefficient (Wildman–Crippen LogP) is 3.82. The molecule has 0 radical (unpaired) electrons. The number of nitrogens with zero attached hydrogens (tertiary/aromatic N) is 2. The second-order valence-corrected chi connectivity index (χ2v) is 6.67. The standard InChI is InChI=1S/C17H20N2O2S/c20-15(21)12-14-16(13-8-4-3-5-9-13)18-17(22-14)19-10-6-1-2-7-11-19/h3-5,8-9H,1-2,6-7,10-12H2,(H,20,21). The van der Waals surface area contributed by atoms with E-state index < -0.39 is 5.97 Å². The maximum atomic E-state index is 11.2. The molecule has 0 saturated carbocycles. The van der Waals surface area contributed by atoms with Gasteiger partial charge in [-0.05, 0) is 12.8 Å². The van der Waals surface area contributed by atoms with Gasteiger partial charge in [0.05, 0.1) is 12.1 Å². The topological polar surface area (TPSA) is 53.4 Å². The zero-order valence-electron chi connectivity index (χ0n) is 12.5. The van der Waals surface area contributed by atoms with Crippen molar-refractivity contribution < 1.29 is 9.90 Å². The molecular formula is C17H20N2O2S. The van der Waals surface area contributed by atoms with Crippen molar-refractivity contribution in [1.29, 1.82) is 0 Å². The average Bonchev–Trinajstić information content (AvgIpc) is 2.74. The minimum atomic E-state index is -0.803. The summed E-state index contributed by atoms with van der Waals surface area (Å²) in [5, 5.41) is 10.1. The van der Waals surface area contributed by atoms with E-state index in [-0.39, 0.29) is 6.42 Å². The Morgan fingerprint density at radius 2 is 1.82 bits per heavy atom. The molecule has 22 heavy (non-hydrogen) atoms. The first-order chi connectivity index (χ1) is 10.7. The molecule has 0 atom stereocenters. The summed E-state index contributed by atoms with van der Waals surface area (Å²) >= 11 is 1.53. The second kappa shape index (κ2) is 6.92. The maximum absolute atomic E-state index is 11.2. The van der Waals surface area contributed by atoms with Gasteiger partial charge in [0.2, 0.25) is 0 Å². The van der Waals surface area contributed by atoms with Crippen molar-refractivity contribution in [2.24, 2.45) is 0 Å². The van der Waals surface area contributed by atoms with Gasteiger partial charge in [0.15, 0.2) is 5.13 Å². The molecule has 1 aromatic heterocycles. The van der Waals surface area contributed by atoms with Crippen LogP contribution in [0.1, 0.15) is 30.6 Å². The highest BCUT2D eigenvalue weighted by molar-refractivity contribution is 7.16. The van der Waals surface area contributed by atoms with Crippen LogP contribution in [0.5, 0.6) is 0 Å². The summed E-state index contributed by atoms with van der Waals surface area (Å²) in [4.78, 5) is 19.1. The van der Waals surface area contributed by atoms with E-state index in [1.54, 1.807) is 0 Å². The van der Waals surface area contributed by atoms with Crippen LogP contribution in [0, 0.1) is 0 Å². The van der Waals surface area contributed by atoms with E-state index in [0.717, 1.165) is 34.4 Å². The molecule has 0 amide bonds. The Labute approximate surface area is 134 Å². The molecule has 1 aromatic carbocycles. The summed E-state index contributed by atoms with van der Waals surface area (Å²) in [6.45, 7) is 2.04. The summed E-state index contributed by atoms with van der Waals surface area (Å²) < 4.78 is 0. The fraction of sp³-hybridized carbons (Fsp3) is 0.412. The van der Waals surface area contributed by atoms with Gasteiger partial charge in [0.1, 0.15) is 0 Å². The summed E-state index contributed by atoms with van der Waals surface area (Å²) in [7, 11) is 0. The molecule has 2 aromatic rings. The van der Waals surface area contributed by atoms with Crippen molar-refractivity contribution in [3.05, 3.63) is 35.2 Å². The number of thiazole rings is 1. The van der Waals surface area contributed by atoms with Crippen LogP contribution >= 0.6 is 11.3 Å². The van der Waals surface area contributed by atoms with E-state index in [1.807, 2.05) is 30.3 Å². The Balaban J connectivity index is 1.95. The Morgan fingerprint density at radius 1 is 1.14 bits per heavy atom. The van der Waals surface area contributed by atoms with Gasteiger partial charge in [-0.2, -0.15) is 0 Å². The highest BCUT2D eigenvalue weighted by atomic mass is 32.1. The number of carboxylic acid groups (broad SMARTS) is 1. The number of hydrogen-bond donors (Lipinski definition) is 1. The Kier molecular flexibility index (Phi) is 4.73. The SMILES string of the molecule is O=C(O)Cc1sc(N2CCCCCC2)nc1-c1ccccc1. The van der Waals surface area contributed by atoms with Crippen LogP contribution < -0.4 is 4.90 Å². The number of carbonyl (C=O) groups is 1. The van der Waals surface area contributed by atoms with Gasteiger partial charge >= 0.3 is 5.97 Å². The monoisotopic (exact) mass is 316 g/mol. The lowest BCUT2D eigenvalue weighted by atomic mass is 10.1. The molecule has 0 bridgehead atoms. The lowest BCUT2D eigenvalue weighted by Crippen LogP contribution is -2.23. The van der Waals surface area contributed by atoms with E-state index in [4.69, 9.17) is 10.1 Å². The van der Waals surface area contributed by atoms with Crippen molar-refractivity contribution in [3.8, 4) is 11.3 Å². The molecule has 0 unspecified atom stereocenters. The fourth-order valence-corrected chi connectivity index (χ4v) is 3.94. The van der Waals surface area contributed by atoms with Gasteiger partial charge in [-0.25, -0.2) is 4.98 Å². The molecule has 4 nitrogen and oxygen atoms in total. The van der Waals surface area contributed by atoms with Crippen molar-refractivity contribution in [2.75, 3.05) is 18.0 Å². The zero-order valence-corrected chi connectivity index (χ0v) is 13.3. The summed E-state index contributed by atoms with van der Waals surface area (Å²) in [5.41, 5.74) is 1.82. The molecule has 116 valence electrons. The molecule has 1 aliphatic rings. The van der Waals surface area contributed by atoms with Crippen molar-refractivity contribution in [2.45, 2.75) is 32.1 Å². The number of aromatic nitrogens is 1. The number of anilines is 1. The first-order valence-electron chi connectivity index (χ1n) is 7.76. The Hall–Kier alpha value is -1.88. The first-order valence-corrected chi connectivity index (χ1v) is 8.57. The molecule has 0 aliphatic carbocycles. The van der Waals surface area contributed by atoms with E-state index in [1.165, 1.54) is 37.0 Å². The van der Waals surface area contributed by atoms with Crippen LogP contribution in [-0.4, -0.2) is 29.1 Å². The molecule has 1 saturated heterocycles. The Bertz CT molecular complexity index is 631. The van der Waals surface area contributed by atoms with E-state index in [9.17, 15) is 4.79 Å². The smallest absolute Gasteiger partial charge is 0.308 e. The van der Waals surface area contributed by atoms with Gasteiger partial charge in [-0.15, -0.1) is 11.3 Å². The normalized spacial score (nSPS) is 15.5. The van der Waals surface area contributed by atoms with Gasteiger partial charge in [-0.1, -0.05) is 43.2 Å². The summed E-state index contributed by atoms with van der Waals surface area (Å²) in [6.07, 6.45) is 4.96. The third-order valence-corrected chi connectivity index (χ3v) is 5.04. The minimum Gasteiger partial charge on any atom is -0.481 e. The maximum Gasteiger partial charge on any atom is 0.308 e. The highest BCUT2D eigenvalue weighted by Crippen LogP contribution is 2.34. The number of aliphatic carboxylic acids is 1. The van der Waals surface area contributed by atoms with Crippen LogP contribution in [0.2, 0.25) is 0 Å². The van der Waals surface area contributed by atoms with Crippen molar-refractivity contribution >= 4 is 22.4 Å². The molecule has 2 heterocycles. The number of carboxylic acids is 1. The van der Waals surface area contributed by atoms with Crippen LogP contribution in [0.25, 0.3) is 11.3 Å². The largest absolute Gasteiger partial charge is 0.481 e. The van der Waals surface area contributed by atoms with Crippen LogP contribution in [0.4, 0.5) is 5.13 Å². The van der Waals surface area contributed by atoms with Crippen LogP contribution in [0.3, 0.4) is 0 Å². The fourth-order valence-electron chi connectivity index (χ4n) is 2.82. The van der Waals surface area contributed by atoms with Gasteiger partial charge in [0, 0.05) is 23.5 Å². The van der Waals surface area contributed by atoms with Crippen molar-refractivity contribution in [1.82, 2.24) is 4.98 Å². The minimum absolute atomic E-state index is 0.0374. The molecule has 0 spiro atoms. The van der Waals surface area contributed by atoms with E-state index in [2.05, 4.69) is 4.90 Å². The van der Waals surface area contributed by atoms with Crippen molar-refractivity contribution in [3.63, 3.8) is 0 Å². The molecule has 3 rings (SSSR count). The lowest BCUT2D eigenvalue weighted by molar-refractivity contribution is -0.136. The van der Waals surface area contributed by atoms with E-state index in [0.29, 0.717) is 0 Å². The third-order valence-electron chi connectivity index (χ3n) is 3.92. The third kappa shape index (κ3) is 3.47. The summed E-state index contributed by atoms with van der Waals surface area (Å²) in [5.74, 6) is -0.803. The highest BCUT2D eigenvalue weighted by Gasteiger charge is 2.20. The lowest BCUT2D eigenvalue weighted by Gasteiger charge is -2.18. The number of rotatable bonds is 4. The van der Waals surface area contributed by atoms with Gasteiger partial charge < -0.3 is 10.0 Å². The Morgan fingerprint density at radius 3 is 2.45 bits per heavy atom. The molecular weight excluding hydrogens is 296 g/mol. The quantitative estimate of drug-likeness (QED) is 0.931. The molecule has 1 aliphatic heterocycles. The predicted molar refractivity (Wildman–Crippen MR) is 89.6 cm³/mol. The molecule has 5 heteroatoms. The molecule has 1 N–H and O–H groups in total. The first kappa shape index (κ1) is 15.0. The van der Waals surface area contributed by atoms with Crippen LogP contribution in [-0.2, 0) is 11.2 Å². The number of hydrogen-bond acceptors (Lipinski definition) is 4. The molecule has 1 fully saturated rings. The van der Waals surface area contributed by atoms with Gasteiger partial charge in [0.25, 0.3) is 0 Å². The van der Waals surface area contributed by atoms with E-state index >= 15 is 0 Å². The second-order valence-electron chi connectivity index (χ2n) is 5.61.